The van der Waals surface area contributed by atoms with Crippen LogP contribution in [0.4, 0.5) is 15.8 Å². The molecule has 0 bridgehead atoms. The van der Waals surface area contributed by atoms with Crippen LogP contribution in [-0.4, -0.2) is 47.7 Å². The fraction of sp³-hybridized carbons (Fsp3) is 0.308. The van der Waals surface area contributed by atoms with Gasteiger partial charge in [0.15, 0.2) is 17.3 Å². The molecule has 3 heterocycles. The highest BCUT2D eigenvalue weighted by Gasteiger charge is 2.35. The fourth-order valence-electron chi connectivity index (χ4n) is 4.95. The van der Waals surface area contributed by atoms with Crippen LogP contribution in [0.5, 0.6) is 5.75 Å². The molecular formula is C26H26FN5O4. The van der Waals surface area contributed by atoms with Crippen LogP contribution in [0.25, 0.3) is 5.69 Å². The van der Waals surface area contributed by atoms with Gasteiger partial charge in [0.2, 0.25) is 5.91 Å². The number of hydrogen-bond donors (Lipinski definition) is 1. The molecule has 0 unspecified atom stereocenters. The van der Waals surface area contributed by atoms with E-state index in [4.69, 9.17) is 10.5 Å². The van der Waals surface area contributed by atoms with Crippen LogP contribution in [0, 0.1) is 12.7 Å². The Morgan fingerprint density at radius 2 is 1.81 bits per heavy atom. The Labute approximate surface area is 207 Å². The largest absolute Gasteiger partial charge is 0.494 e. The lowest BCUT2D eigenvalue weighted by atomic mass is 10.0. The zero-order valence-corrected chi connectivity index (χ0v) is 20.1. The maximum absolute atomic E-state index is 14.5. The molecule has 0 spiro atoms. The van der Waals surface area contributed by atoms with E-state index in [0.717, 1.165) is 24.1 Å². The summed E-state index contributed by atoms with van der Waals surface area (Å²) in [4.78, 5) is 41.6. The average molecular weight is 492 g/mol. The molecule has 2 aliphatic heterocycles. The second-order valence-corrected chi connectivity index (χ2v) is 8.95. The van der Waals surface area contributed by atoms with Crippen LogP contribution in [0.15, 0.2) is 36.4 Å². The Morgan fingerprint density at radius 1 is 1.03 bits per heavy atom. The number of anilines is 2. The van der Waals surface area contributed by atoms with Crippen molar-refractivity contribution in [2.24, 2.45) is 5.73 Å². The van der Waals surface area contributed by atoms with Gasteiger partial charge in [-0.2, -0.15) is 5.10 Å². The van der Waals surface area contributed by atoms with Gasteiger partial charge in [-0.1, -0.05) is 0 Å². The van der Waals surface area contributed by atoms with Crippen molar-refractivity contribution in [3.8, 4) is 11.4 Å². The van der Waals surface area contributed by atoms with Gasteiger partial charge in [-0.25, -0.2) is 9.07 Å². The van der Waals surface area contributed by atoms with E-state index >= 15 is 0 Å². The smallest absolute Gasteiger partial charge is 0.277 e. The van der Waals surface area contributed by atoms with Crippen molar-refractivity contribution in [3.05, 3.63) is 64.7 Å². The zero-order valence-electron chi connectivity index (χ0n) is 20.1. The van der Waals surface area contributed by atoms with E-state index in [-0.39, 0.29) is 34.6 Å². The van der Waals surface area contributed by atoms with Gasteiger partial charge in [0, 0.05) is 42.5 Å². The predicted octanol–water partition coefficient (Wildman–Crippen LogP) is 3.15. The molecule has 3 aromatic rings. The molecule has 0 radical (unpaired) electrons. The second kappa shape index (κ2) is 9.10. The maximum atomic E-state index is 14.5. The highest BCUT2D eigenvalue weighted by molar-refractivity contribution is 6.10. The lowest BCUT2D eigenvalue weighted by Gasteiger charge is -2.31. The van der Waals surface area contributed by atoms with Crippen molar-refractivity contribution in [2.75, 3.05) is 30.0 Å². The summed E-state index contributed by atoms with van der Waals surface area (Å²) < 4.78 is 20.7. The number of nitrogens with zero attached hydrogens (tertiary/aromatic N) is 4. The summed E-state index contributed by atoms with van der Waals surface area (Å²) in [6, 6.07) is 9.77. The predicted molar refractivity (Wildman–Crippen MR) is 131 cm³/mol. The van der Waals surface area contributed by atoms with Crippen molar-refractivity contribution in [3.63, 3.8) is 0 Å². The summed E-state index contributed by atoms with van der Waals surface area (Å²) in [5.74, 6) is -1.62. The van der Waals surface area contributed by atoms with E-state index in [1.165, 1.54) is 23.9 Å². The van der Waals surface area contributed by atoms with E-state index in [1.807, 2.05) is 25.1 Å². The monoisotopic (exact) mass is 491 g/mol. The molecule has 3 amide bonds. The number of aryl methyl sites for hydroxylation is 1. The Kier molecular flexibility index (Phi) is 5.95. The second-order valence-electron chi connectivity index (χ2n) is 8.95. The van der Waals surface area contributed by atoms with Gasteiger partial charge in [0.25, 0.3) is 11.8 Å². The maximum Gasteiger partial charge on any atom is 0.277 e. The number of methoxy groups -OCH3 is 1. The van der Waals surface area contributed by atoms with Gasteiger partial charge in [-0.3, -0.25) is 14.4 Å². The third kappa shape index (κ3) is 3.88. The molecule has 0 saturated carbocycles. The molecule has 1 aromatic heterocycles. The molecule has 1 fully saturated rings. The molecule has 10 heteroatoms. The SMILES string of the molecule is COc1ccc(-n2nc(C(N)=O)c3c2C(=O)N(c2ccc(N4CCCCC4=O)cc2C)CC3)cc1F. The summed E-state index contributed by atoms with van der Waals surface area (Å²) in [6.45, 7) is 2.88. The van der Waals surface area contributed by atoms with Gasteiger partial charge in [-0.05, 0) is 62.1 Å². The summed E-state index contributed by atoms with van der Waals surface area (Å²) in [6.07, 6.45) is 2.74. The van der Waals surface area contributed by atoms with Crippen LogP contribution in [0.3, 0.4) is 0 Å². The molecule has 1 saturated heterocycles. The van der Waals surface area contributed by atoms with E-state index < -0.39 is 11.7 Å². The summed E-state index contributed by atoms with van der Waals surface area (Å²) in [5.41, 5.74) is 8.74. The van der Waals surface area contributed by atoms with E-state index in [9.17, 15) is 18.8 Å². The molecule has 2 aromatic carbocycles. The van der Waals surface area contributed by atoms with Crippen molar-refractivity contribution in [1.82, 2.24) is 9.78 Å². The number of carbonyl (C=O) groups is 3. The molecule has 5 rings (SSSR count). The number of piperidine rings is 1. The quantitative estimate of drug-likeness (QED) is 0.590. The average Bonchev–Trinajstić information content (AvgIpc) is 3.26. The standard InChI is InChI=1S/C26H26FN5O4/c1-15-13-16(30-11-4-3-5-22(30)33)6-8-20(15)31-12-10-18-23(25(28)34)29-32(24(18)26(31)35)17-7-9-21(36-2)19(27)14-17/h6-9,13-14H,3-5,10-12H2,1-2H3,(H2,28,34). The topological polar surface area (TPSA) is 111 Å². The number of hydrogen-bond acceptors (Lipinski definition) is 5. The normalized spacial score (nSPS) is 15.8. The minimum atomic E-state index is -0.757. The van der Waals surface area contributed by atoms with Crippen LogP contribution in [-0.2, 0) is 11.2 Å². The Balaban J connectivity index is 1.54. The number of amides is 3. The third-order valence-electron chi connectivity index (χ3n) is 6.74. The number of rotatable bonds is 5. The van der Waals surface area contributed by atoms with Crippen molar-refractivity contribution in [2.45, 2.75) is 32.6 Å². The highest BCUT2D eigenvalue weighted by atomic mass is 19.1. The molecule has 0 atom stereocenters. The first kappa shape index (κ1) is 23.5. The summed E-state index contributed by atoms with van der Waals surface area (Å²) in [7, 11) is 1.36. The van der Waals surface area contributed by atoms with Crippen molar-refractivity contribution in [1.29, 1.82) is 0 Å². The molecule has 186 valence electrons. The minimum absolute atomic E-state index is 0.00935. The Morgan fingerprint density at radius 3 is 2.47 bits per heavy atom. The van der Waals surface area contributed by atoms with Gasteiger partial charge in [0.1, 0.15) is 5.69 Å². The third-order valence-corrected chi connectivity index (χ3v) is 6.74. The van der Waals surface area contributed by atoms with Crippen LogP contribution < -0.4 is 20.3 Å². The van der Waals surface area contributed by atoms with Gasteiger partial charge in [-0.15, -0.1) is 0 Å². The number of aromatic nitrogens is 2. The lowest BCUT2D eigenvalue weighted by Crippen LogP contribution is -2.39. The summed E-state index contributed by atoms with van der Waals surface area (Å²) >= 11 is 0. The number of benzene rings is 2. The van der Waals surface area contributed by atoms with Gasteiger partial charge >= 0.3 is 0 Å². The molecule has 0 aliphatic carbocycles. The zero-order chi connectivity index (χ0) is 25.6. The lowest BCUT2D eigenvalue weighted by molar-refractivity contribution is -0.119. The molecule has 2 aliphatic rings. The molecule has 36 heavy (non-hydrogen) atoms. The fourth-order valence-corrected chi connectivity index (χ4v) is 4.95. The highest BCUT2D eigenvalue weighted by Crippen LogP contribution is 2.33. The molecular weight excluding hydrogens is 465 g/mol. The minimum Gasteiger partial charge on any atom is -0.494 e. The van der Waals surface area contributed by atoms with Crippen molar-refractivity contribution >= 4 is 29.1 Å². The number of primary amides is 1. The van der Waals surface area contributed by atoms with Crippen molar-refractivity contribution < 1.29 is 23.5 Å². The number of ether oxygens (including phenoxy) is 1. The van der Waals surface area contributed by atoms with Crippen LogP contribution in [0.1, 0.15) is 51.4 Å². The first-order chi connectivity index (χ1) is 17.3. The number of nitrogens with two attached hydrogens (primary N) is 1. The Bertz CT molecular complexity index is 1400. The van der Waals surface area contributed by atoms with E-state index in [2.05, 4.69) is 5.10 Å². The van der Waals surface area contributed by atoms with Crippen LogP contribution >= 0.6 is 0 Å². The number of halogens is 1. The summed E-state index contributed by atoms with van der Waals surface area (Å²) in [5, 5.41) is 4.29. The Hall–Kier alpha value is -4.21. The van der Waals surface area contributed by atoms with E-state index in [0.29, 0.717) is 37.2 Å². The molecule has 9 nitrogen and oxygen atoms in total. The molecule has 2 N–H and O–H groups in total. The van der Waals surface area contributed by atoms with Gasteiger partial charge in [0.05, 0.1) is 12.8 Å². The number of fused-ring (bicyclic) bond motifs is 1. The van der Waals surface area contributed by atoms with Gasteiger partial charge < -0.3 is 20.3 Å². The first-order valence-electron chi connectivity index (χ1n) is 11.8. The van der Waals surface area contributed by atoms with Crippen LogP contribution in [0.2, 0.25) is 0 Å². The van der Waals surface area contributed by atoms with E-state index in [1.54, 1.807) is 15.9 Å². The number of carbonyl (C=O) groups excluding carboxylic acids is 3. The first-order valence-corrected chi connectivity index (χ1v) is 11.8.